The lowest BCUT2D eigenvalue weighted by Crippen LogP contribution is -2.48. The van der Waals surface area contributed by atoms with Gasteiger partial charge in [0.25, 0.3) is 0 Å². The quantitative estimate of drug-likeness (QED) is 0.606. The monoisotopic (exact) mass is 232 g/mol. The summed E-state index contributed by atoms with van der Waals surface area (Å²) in [7, 11) is 1.59. The number of hydrogen-bond donors (Lipinski definition) is 3. The van der Waals surface area contributed by atoms with Crippen molar-refractivity contribution in [1.82, 2.24) is 10.2 Å². The molecule has 0 aliphatic carbocycles. The Morgan fingerprint density at radius 2 is 1.94 bits per heavy atom. The first kappa shape index (κ1) is 14.7. The summed E-state index contributed by atoms with van der Waals surface area (Å²) in [5.41, 5.74) is 0. The van der Waals surface area contributed by atoms with Gasteiger partial charge < -0.3 is 20.4 Å². The van der Waals surface area contributed by atoms with E-state index in [1.54, 1.807) is 7.05 Å². The van der Waals surface area contributed by atoms with Gasteiger partial charge in [0.15, 0.2) is 6.04 Å². The SMILES string of the molecule is CC(C)CCN(C)C(=O)N[C@H](CO)C(=O)O. The minimum atomic E-state index is -1.24. The second-order valence-electron chi connectivity index (χ2n) is 4.13. The molecule has 0 saturated heterocycles. The summed E-state index contributed by atoms with van der Waals surface area (Å²) >= 11 is 0. The van der Waals surface area contributed by atoms with Crippen LogP contribution in [0.3, 0.4) is 0 Å². The standard InChI is InChI=1S/C10H20N2O4/c1-7(2)4-5-12(3)10(16)11-8(6-13)9(14)15/h7-8,13H,4-6H2,1-3H3,(H,11,16)(H,14,15)/t8-/m1/s1. The van der Waals surface area contributed by atoms with Crippen LogP contribution in [-0.2, 0) is 4.79 Å². The van der Waals surface area contributed by atoms with Crippen LogP contribution in [0.15, 0.2) is 0 Å². The largest absolute Gasteiger partial charge is 0.480 e. The van der Waals surface area contributed by atoms with Gasteiger partial charge in [-0.2, -0.15) is 0 Å². The molecule has 2 amide bonds. The van der Waals surface area contributed by atoms with E-state index in [9.17, 15) is 9.59 Å². The smallest absolute Gasteiger partial charge is 0.328 e. The fourth-order valence-corrected chi connectivity index (χ4v) is 0.998. The van der Waals surface area contributed by atoms with Crippen LogP contribution in [-0.4, -0.2) is 53.4 Å². The van der Waals surface area contributed by atoms with Crippen molar-refractivity contribution in [3.05, 3.63) is 0 Å². The molecule has 0 rings (SSSR count). The van der Waals surface area contributed by atoms with E-state index in [-0.39, 0.29) is 0 Å². The number of rotatable bonds is 6. The molecule has 94 valence electrons. The van der Waals surface area contributed by atoms with E-state index in [1.807, 2.05) is 13.8 Å². The van der Waals surface area contributed by atoms with Crippen LogP contribution in [0.2, 0.25) is 0 Å². The number of aliphatic carboxylic acids is 1. The Labute approximate surface area is 95.2 Å². The number of carbonyl (C=O) groups excluding carboxylic acids is 1. The number of nitrogens with one attached hydrogen (secondary N) is 1. The highest BCUT2D eigenvalue weighted by Gasteiger charge is 2.20. The van der Waals surface area contributed by atoms with Crippen molar-refractivity contribution in [2.75, 3.05) is 20.2 Å². The molecule has 16 heavy (non-hydrogen) atoms. The van der Waals surface area contributed by atoms with Gasteiger partial charge >= 0.3 is 12.0 Å². The summed E-state index contributed by atoms with van der Waals surface area (Å²) in [6.07, 6.45) is 0.848. The number of hydrogen-bond acceptors (Lipinski definition) is 3. The molecular formula is C10H20N2O4. The van der Waals surface area contributed by atoms with Gasteiger partial charge in [-0.25, -0.2) is 9.59 Å². The highest BCUT2D eigenvalue weighted by atomic mass is 16.4. The number of aliphatic hydroxyl groups excluding tert-OH is 1. The van der Waals surface area contributed by atoms with E-state index >= 15 is 0 Å². The number of amides is 2. The van der Waals surface area contributed by atoms with Crippen molar-refractivity contribution in [1.29, 1.82) is 0 Å². The van der Waals surface area contributed by atoms with Crippen molar-refractivity contribution in [2.45, 2.75) is 26.3 Å². The molecule has 0 fully saturated rings. The van der Waals surface area contributed by atoms with Gasteiger partial charge in [0, 0.05) is 13.6 Å². The number of nitrogens with zero attached hydrogens (tertiary/aromatic N) is 1. The van der Waals surface area contributed by atoms with Crippen LogP contribution in [0.25, 0.3) is 0 Å². The van der Waals surface area contributed by atoms with Crippen molar-refractivity contribution in [3.8, 4) is 0 Å². The highest BCUT2D eigenvalue weighted by molar-refractivity contribution is 5.82. The lowest BCUT2D eigenvalue weighted by atomic mass is 10.1. The molecule has 6 nitrogen and oxygen atoms in total. The summed E-state index contributed by atoms with van der Waals surface area (Å²) in [4.78, 5) is 23.4. The second-order valence-corrected chi connectivity index (χ2v) is 4.13. The molecule has 0 unspecified atom stereocenters. The first-order chi connectivity index (χ1) is 7.38. The van der Waals surface area contributed by atoms with E-state index < -0.39 is 24.6 Å². The highest BCUT2D eigenvalue weighted by Crippen LogP contribution is 2.00. The molecule has 3 N–H and O–H groups in total. The minimum Gasteiger partial charge on any atom is -0.480 e. The average Bonchev–Trinajstić information content (AvgIpc) is 2.21. The molecule has 0 aromatic rings. The third kappa shape index (κ3) is 5.55. The van der Waals surface area contributed by atoms with Crippen molar-refractivity contribution < 1.29 is 19.8 Å². The summed E-state index contributed by atoms with van der Waals surface area (Å²) in [5, 5.41) is 19.6. The van der Waals surface area contributed by atoms with Crippen LogP contribution < -0.4 is 5.32 Å². The molecule has 0 bridgehead atoms. The predicted octanol–water partition coefficient (Wildman–Crippen LogP) is 0.119. The van der Waals surface area contributed by atoms with E-state index in [2.05, 4.69) is 5.32 Å². The van der Waals surface area contributed by atoms with Crippen molar-refractivity contribution in [3.63, 3.8) is 0 Å². The molecule has 0 spiro atoms. The minimum absolute atomic E-state index is 0.475. The Kier molecular flexibility index (Phi) is 6.48. The van der Waals surface area contributed by atoms with E-state index in [4.69, 9.17) is 10.2 Å². The van der Waals surface area contributed by atoms with Crippen LogP contribution in [0.4, 0.5) is 4.79 Å². The van der Waals surface area contributed by atoms with Crippen LogP contribution in [0.1, 0.15) is 20.3 Å². The fourth-order valence-electron chi connectivity index (χ4n) is 0.998. The lowest BCUT2D eigenvalue weighted by Gasteiger charge is -2.21. The molecule has 0 radical (unpaired) electrons. The number of aliphatic hydroxyl groups is 1. The van der Waals surface area contributed by atoms with Crippen molar-refractivity contribution in [2.24, 2.45) is 5.92 Å². The molecular weight excluding hydrogens is 212 g/mol. The maximum Gasteiger partial charge on any atom is 0.328 e. The molecule has 0 heterocycles. The summed E-state index contributed by atoms with van der Waals surface area (Å²) in [6.45, 7) is 4.03. The first-order valence-corrected chi connectivity index (χ1v) is 5.23. The third-order valence-electron chi connectivity index (χ3n) is 2.17. The normalized spacial score (nSPS) is 12.3. The van der Waals surface area contributed by atoms with E-state index in [0.717, 1.165) is 6.42 Å². The van der Waals surface area contributed by atoms with E-state index in [1.165, 1.54) is 4.90 Å². The Morgan fingerprint density at radius 1 is 1.38 bits per heavy atom. The fraction of sp³-hybridized carbons (Fsp3) is 0.800. The molecule has 0 aromatic heterocycles. The predicted molar refractivity (Wildman–Crippen MR) is 59.1 cm³/mol. The maximum atomic E-state index is 11.5. The molecule has 1 atom stereocenters. The second kappa shape index (κ2) is 7.05. The lowest BCUT2D eigenvalue weighted by molar-refractivity contribution is -0.140. The Bertz CT molecular complexity index is 243. The topological polar surface area (TPSA) is 89.9 Å². The summed E-state index contributed by atoms with van der Waals surface area (Å²) in [5.74, 6) is -0.767. The van der Waals surface area contributed by atoms with Crippen molar-refractivity contribution >= 4 is 12.0 Å². The number of carboxylic acids is 1. The number of carbonyl (C=O) groups is 2. The summed E-state index contributed by atoms with van der Waals surface area (Å²) in [6, 6.07) is -1.73. The first-order valence-electron chi connectivity index (χ1n) is 5.23. The summed E-state index contributed by atoms with van der Waals surface area (Å²) < 4.78 is 0. The molecule has 0 aliphatic rings. The number of carboxylic acid groups (broad SMARTS) is 1. The van der Waals surface area contributed by atoms with Gasteiger partial charge in [-0.1, -0.05) is 13.8 Å². The Balaban J connectivity index is 4.08. The Hall–Kier alpha value is -1.30. The third-order valence-corrected chi connectivity index (χ3v) is 2.17. The van der Waals surface area contributed by atoms with Gasteiger partial charge in [0.2, 0.25) is 0 Å². The molecule has 0 aliphatic heterocycles. The molecule has 0 aromatic carbocycles. The van der Waals surface area contributed by atoms with Crippen LogP contribution >= 0.6 is 0 Å². The van der Waals surface area contributed by atoms with Gasteiger partial charge in [0.05, 0.1) is 6.61 Å². The zero-order valence-electron chi connectivity index (χ0n) is 9.93. The Morgan fingerprint density at radius 3 is 2.31 bits per heavy atom. The zero-order chi connectivity index (χ0) is 12.7. The molecule has 0 saturated carbocycles. The van der Waals surface area contributed by atoms with Crippen LogP contribution in [0, 0.1) is 5.92 Å². The number of urea groups is 1. The van der Waals surface area contributed by atoms with E-state index in [0.29, 0.717) is 12.5 Å². The van der Waals surface area contributed by atoms with Gasteiger partial charge in [0.1, 0.15) is 0 Å². The van der Waals surface area contributed by atoms with Gasteiger partial charge in [-0.05, 0) is 12.3 Å². The molecule has 6 heteroatoms. The maximum absolute atomic E-state index is 11.5. The van der Waals surface area contributed by atoms with Gasteiger partial charge in [-0.15, -0.1) is 0 Å². The average molecular weight is 232 g/mol. The zero-order valence-corrected chi connectivity index (χ0v) is 9.93. The van der Waals surface area contributed by atoms with Gasteiger partial charge in [-0.3, -0.25) is 0 Å². The van der Waals surface area contributed by atoms with Crippen LogP contribution in [0.5, 0.6) is 0 Å².